The van der Waals surface area contributed by atoms with Gasteiger partial charge in [0.2, 0.25) is 5.91 Å². The summed E-state index contributed by atoms with van der Waals surface area (Å²) in [6.07, 6.45) is 1.84. The average molecular weight is 323 g/mol. The summed E-state index contributed by atoms with van der Waals surface area (Å²) in [5.41, 5.74) is 2.54. The third kappa shape index (κ3) is 4.30. The molecule has 0 saturated heterocycles. The van der Waals surface area contributed by atoms with Crippen molar-refractivity contribution in [1.29, 1.82) is 0 Å². The van der Waals surface area contributed by atoms with Gasteiger partial charge >= 0.3 is 0 Å². The summed E-state index contributed by atoms with van der Waals surface area (Å²) < 4.78 is 25.5. The van der Waals surface area contributed by atoms with Crippen molar-refractivity contribution >= 4 is 21.4 Å². The van der Waals surface area contributed by atoms with E-state index in [-0.39, 0.29) is 18.2 Å². The topological polar surface area (TPSA) is 80.5 Å². The molecule has 0 aliphatic rings. The molecule has 0 aliphatic heterocycles. The number of imidazole rings is 1. The second-order valence-corrected chi connectivity index (χ2v) is 7.96. The average Bonchev–Trinajstić information content (AvgIpc) is 2.78. The number of fused-ring (bicyclic) bond motifs is 1. The van der Waals surface area contributed by atoms with Crippen LogP contribution in [0.1, 0.15) is 25.2 Å². The predicted octanol–water partition coefficient (Wildman–Crippen LogP) is 1.33. The Bertz CT molecular complexity index is 778. The van der Waals surface area contributed by atoms with Gasteiger partial charge in [-0.3, -0.25) is 4.79 Å². The van der Waals surface area contributed by atoms with Gasteiger partial charge < -0.3 is 9.72 Å². The van der Waals surface area contributed by atoms with E-state index < -0.39 is 21.5 Å². The maximum atomic E-state index is 11.8. The van der Waals surface area contributed by atoms with Gasteiger partial charge in [0.05, 0.1) is 18.0 Å². The number of rotatable bonds is 6. The minimum Gasteiger partial charge on any atom is -0.350 e. The molecule has 0 bridgehead atoms. The van der Waals surface area contributed by atoms with E-state index in [1.807, 2.05) is 49.6 Å². The lowest BCUT2D eigenvalue weighted by Crippen LogP contribution is -2.31. The fourth-order valence-corrected chi connectivity index (χ4v) is 3.93. The second-order valence-electron chi connectivity index (χ2n) is 5.85. The van der Waals surface area contributed by atoms with Crippen LogP contribution in [-0.2, 0) is 21.2 Å². The number of hydrogen-bond acceptors (Lipinski definition) is 4. The minimum atomic E-state index is -3.35. The predicted molar refractivity (Wildman–Crippen MR) is 85.3 cm³/mol. The van der Waals surface area contributed by atoms with Crippen molar-refractivity contribution in [2.45, 2.75) is 27.3 Å². The SMILES string of the molecule is Cc1cccc2nc(CNC(=O)CS(=O)(=O)CC(C)C)cn12. The molecule has 0 spiro atoms. The van der Waals surface area contributed by atoms with Gasteiger partial charge in [-0.2, -0.15) is 0 Å². The van der Waals surface area contributed by atoms with Gasteiger partial charge in [0.15, 0.2) is 9.84 Å². The van der Waals surface area contributed by atoms with E-state index in [0.717, 1.165) is 11.3 Å². The molecule has 1 amide bonds. The Labute approximate surface area is 130 Å². The van der Waals surface area contributed by atoms with Crippen LogP contribution in [0.4, 0.5) is 0 Å². The molecule has 22 heavy (non-hydrogen) atoms. The number of amides is 1. The van der Waals surface area contributed by atoms with Crippen LogP contribution in [0, 0.1) is 12.8 Å². The molecular weight excluding hydrogens is 302 g/mol. The van der Waals surface area contributed by atoms with Gasteiger partial charge in [-0.1, -0.05) is 19.9 Å². The fourth-order valence-electron chi connectivity index (χ4n) is 2.29. The van der Waals surface area contributed by atoms with E-state index >= 15 is 0 Å². The Balaban J connectivity index is 1.97. The molecule has 0 fully saturated rings. The number of aryl methyl sites for hydroxylation is 1. The Kier molecular flexibility index (Phi) is 4.85. The van der Waals surface area contributed by atoms with E-state index in [4.69, 9.17) is 0 Å². The highest BCUT2D eigenvalue weighted by molar-refractivity contribution is 7.92. The molecule has 0 aromatic carbocycles. The summed E-state index contributed by atoms with van der Waals surface area (Å²) in [6.45, 7) is 5.82. The number of aromatic nitrogens is 2. The maximum Gasteiger partial charge on any atom is 0.235 e. The first-order valence-corrected chi connectivity index (χ1v) is 9.00. The number of pyridine rings is 1. The lowest BCUT2D eigenvalue weighted by atomic mass is 10.3. The van der Waals surface area contributed by atoms with Gasteiger partial charge in [-0.15, -0.1) is 0 Å². The standard InChI is InChI=1S/C15H21N3O3S/c1-11(2)9-22(20,21)10-15(19)16-7-13-8-18-12(3)5-4-6-14(18)17-13/h4-6,8,11H,7,9-10H2,1-3H3,(H,16,19). The summed E-state index contributed by atoms with van der Waals surface area (Å²) in [6, 6.07) is 5.76. The van der Waals surface area contributed by atoms with Crippen molar-refractivity contribution < 1.29 is 13.2 Å². The third-order valence-electron chi connectivity index (χ3n) is 3.15. The van der Waals surface area contributed by atoms with Crippen LogP contribution in [0.5, 0.6) is 0 Å². The van der Waals surface area contributed by atoms with Crippen LogP contribution < -0.4 is 5.32 Å². The normalized spacial score (nSPS) is 12.0. The zero-order valence-electron chi connectivity index (χ0n) is 13.0. The van der Waals surface area contributed by atoms with Gasteiger partial charge in [-0.25, -0.2) is 13.4 Å². The summed E-state index contributed by atoms with van der Waals surface area (Å²) in [4.78, 5) is 16.2. The van der Waals surface area contributed by atoms with Crippen molar-refractivity contribution in [2.24, 2.45) is 5.92 Å². The number of sulfone groups is 1. The number of hydrogen-bond donors (Lipinski definition) is 1. The van der Waals surface area contributed by atoms with Crippen LogP contribution in [-0.4, -0.2) is 35.2 Å². The molecule has 2 aromatic heterocycles. The summed E-state index contributed by atoms with van der Waals surface area (Å²) in [5.74, 6) is -0.931. The van der Waals surface area contributed by atoms with Gasteiger partial charge in [0.1, 0.15) is 11.4 Å². The highest BCUT2D eigenvalue weighted by atomic mass is 32.2. The molecule has 0 atom stereocenters. The van der Waals surface area contributed by atoms with Crippen molar-refractivity contribution in [1.82, 2.24) is 14.7 Å². The van der Waals surface area contributed by atoms with E-state index in [0.29, 0.717) is 5.69 Å². The van der Waals surface area contributed by atoms with Gasteiger partial charge in [0.25, 0.3) is 0 Å². The van der Waals surface area contributed by atoms with Crippen molar-refractivity contribution in [3.05, 3.63) is 35.8 Å². The van der Waals surface area contributed by atoms with E-state index in [2.05, 4.69) is 10.3 Å². The Morgan fingerprint density at radius 1 is 1.36 bits per heavy atom. The minimum absolute atomic E-state index is 0.0132. The quantitative estimate of drug-likeness (QED) is 0.869. The third-order valence-corrected chi connectivity index (χ3v) is 5.03. The Hall–Kier alpha value is -1.89. The second kappa shape index (κ2) is 6.48. The van der Waals surface area contributed by atoms with Crippen LogP contribution in [0.15, 0.2) is 24.4 Å². The highest BCUT2D eigenvalue weighted by Crippen LogP contribution is 2.08. The highest BCUT2D eigenvalue weighted by Gasteiger charge is 2.18. The van der Waals surface area contributed by atoms with Gasteiger partial charge in [0, 0.05) is 11.9 Å². The molecule has 1 N–H and O–H groups in total. The first kappa shape index (κ1) is 16.5. The largest absolute Gasteiger partial charge is 0.350 e. The van der Waals surface area contributed by atoms with Crippen molar-refractivity contribution in [3.8, 4) is 0 Å². The van der Waals surface area contributed by atoms with Crippen molar-refractivity contribution in [2.75, 3.05) is 11.5 Å². The molecule has 0 saturated carbocycles. The van der Waals surface area contributed by atoms with Crippen molar-refractivity contribution in [3.63, 3.8) is 0 Å². The van der Waals surface area contributed by atoms with E-state index in [1.165, 1.54) is 0 Å². The van der Waals surface area contributed by atoms with E-state index in [1.54, 1.807) is 0 Å². The molecule has 7 heteroatoms. The molecule has 0 aliphatic carbocycles. The molecule has 2 aromatic rings. The summed E-state index contributed by atoms with van der Waals surface area (Å²) in [7, 11) is -3.35. The summed E-state index contributed by atoms with van der Waals surface area (Å²) >= 11 is 0. The maximum absolute atomic E-state index is 11.8. The molecule has 2 rings (SSSR count). The van der Waals surface area contributed by atoms with Crippen LogP contribution >= 0.6 is 0 Å². The van der Waals surface area contributed by atoms with Crippen LogP contribution in [0.3, 0.4) is 0 Å². The first-order valence-electron chi connectivity index (χ1n) is 7.17. The lowest BCUT2D eigenvalue weighted by molar-refractivity contribution is -0.118. The molecular formula is C15H21N3O3S. The monoisotopic (exact) mass is 323 g/mol. The molecule has 0 radical (unpaired) electrons. The molecule has 120 valence electrons. The van der Waals surface area contributed by atoms with E-state index in [9.17, 15) is 13.2 Å². The van der Waals surface area contributed by atoms with Crippen LogP contribution in [0.25, 0.3) is 5.65 Å². The zero-order valence-corrected chi connectivity index (χ0v) is 13.9. The van der Waals surface area contributed by atoms with Gasteiger partial charge in [-0.05, 0) is 25.0 Å². The smallest absolute Gasteiger partial charge is 0.235 e. The Morgan fingerprint density at radius 2 is 2.09 bits per heavy atom. The molecule has 6 nitrogen and oxygen atoms in total. The molecule has 0 unspecified atom stereocenters. The van der Waals surface area contributed by atoms with Crippen LogP contribution in [0.2, 0.25) is 0 Å². The molecule has 2 heterocycles. The summed E-state index contributed by atoms with van der Waals surface area (Å²) in [5, 5.41) is 2.61. The number of carbonyl (C=O) groups excluding carboxylic acids is 1. The number of carbonyl (C=O) groups is 1. The lowest BCUT2D eigenvalue weighted by Gasteiger charge is -2.07. The Morgan fingerprint density at radius 3 is 2.73 bits per heavy atom. The fraction of sp³-hybridized carbons (Fsp3) is 0.467. The number of nitrogens with zero attached hydrogens (tertiary/aromatic N) is 2. The zero-order chi connectivity index (χ0) is 16.3. The first-order chi connectivity index (χ1) is 10.3. The number of nitrogens with one attached hydrogen (secondary N) is 1.